The summed E-state index contributed by atoms with van der Waals surface area (Å²) in [5.41, 5.74) is 2.04. The monoisotopic (exact) mass is 182 g/mol. The van der Waals surface area contributed by atoms with Gasteiger partial charge in [0.05, 0.1) is 13.2 Å². The summed E-state index contributed by atoms with van der Waals surface area (Å²) in [5, 5.41) is 27.4. The molecule has 0 aromatic heterocycles. The summed E-state index contributed by atoms with van der Waals surface area (Å²) in [6.45, 7) is 1.58. The van der Waals surface area contributed by atoms with Crippen molar-refractivity contribution in [3.63, 3.8) is 0 Å². The Bertz CT molecular complexity index is 294. The molecule has 0 unspecified atom stereocenters. The van der Waals surface area contributed by atoms with Crippen LogP contribution in [-0.4, -0.2) is 15.3 Å². The minimum Gasteiger partial charge on any atom is -0.508 e. The van der Waals surface area contributed by atoms with Crippen LogP contribution in [0, 0.1) is 0 Å². The van der Waals surface area contributed by atoms with Crippen LogP contribution in [0.25, 0.3) is 0 Å². The standard InChI is InChI=1S/C10H14O3/c1-2-7-3-4-10(13)9(6-12)8(7)5-11/h3-4,11-13H,2,5-6H2,1H3. The highest BCUT2D eigenvalue weighted by Crippen LogP contribution is 2.25. The van der Waals surface area contributed by atoms with Crippen LogP contribution in [0.3, 0.4) is 0 Å². The maximum atomic E-state index is 9.37. The minimum atomic E-state index is -0.241. The molecule has 0 heterocycles. The molecule has 3 nitrogen and oxygen atoms in total. The molecule has 0 bridgehead atoms. The van der Waals surface area contributed by atoms with E-state index < -0.39 is 0 Å². The van der Waals surface area contributed by atoms with Crippen molar-refractivity contribution in [2.24, 2.45) is 0 Å². The van der Waals surface area contributed by atoms with Crippen LogP contribution >= 0.6 is 0 Å². The maximum Gasteiger partial charge on any atom is 0.121 e. The molecule has 1 aromatic carbocycles. The second-order valence-electron chi connectivity index (χ2n) is 2.87. The molecule has 0 aliphatic rings. The predicted molar refractivity (Wildman–Crippen MR) is 49.3 cm³/mol. The molecule has 0 fully saturated rings. The van der Waals surface area contributed by atoms with Crippen molar-refractivity contribution < 1.29 is 15.3 Å². The molecule has 0 saturated heterocycles. The van der Waals surface area contributed by atoms with Gasteiger partial charge in [-0.3, -0.25) is 0 Å². The fraction of sp³-hybridized carbons (Fsp3) is 0.400. The summed E-state index contributed by atoms with van der Waals surface area (Å²) in [4.78, 5) is 0. The molecule has 1 rings (SSSR count). The first-order valence-corrected chi connectivity index (χ1v) is 4.28. The molecule has 3 N–H and O–H groups in total. The van der Waals surface area contributed by atoms with E-state index in [2.05, 4.69) is 0 Å². The van der Waals surface area contributed by atoms with Gasteiger partial charge in [-0.2, -0.15) is 0 Å². The van der Waals surface area contributed by atoms with Crippen LogP contribution in [0.4, 0.5) is 0 Å². The highest BCUT2D eigenvalue weighted by atomic mass is 16.3. The van der Waals surface area contributed by atoms with Crippen LogP contribution in [0.15, 0.2) is 12.1 Å². The highest BCUT2D eigenvalue weighted by molar-refractivity contribution is 5.43. The van der Waals surface area contributed by atoms with Crippen LogP contribution in [0.5, 0.6) is 5.75 Å². The lowest BCUT2D eigenvalue weighted by molar-refractivity contribution is 0.254. The Labute approximate surface area is 77.3 Å². The van der Waals surface area contributed by atoms with Crippen LogP contribution in [0.2, 0.25) is 0 Å². The topological polar surface area (TPSA) is 60.7 Å². The first kappa shape index (κ1) is 10.0. The summed E-state index contributed by atoms with van der Waals surface area (Å²) in [5.74, 6) is 0.0451. The van der Waals surface area contributed by atoms with E-state index in [1.165, 1.54) is 0 Å². The lowest BCUT2D eigenvalue weighted by Crippen LogP contribution is -1.99. The van der Waals surface area contributed by atoms with Crippen molar-refractivity contribution in [2.75, 3.05) is 0 Å². The van der Waals surface area contributed by atoms with Gasteiger partial charge in [0.15, 0.2) is 0 Å². The van der Waals surface area contributed by atoms with E-state index in [1.54, 1.807) is 12.1 Å². The molecule has 72 valence electrons. The molecule has 0 saturated carbocycles. The summed E-state index contributed by atoms with van der Waals surface area (Å²) >= 11 is 0. The average molecular weight is 182 g/mol. The van der Waals surface area contributed by atoms with Crippen molar-refractivity contribution in [2.45, 2.75) is 26.6 Å². The highest BCUT2D eigenvalue weighted by Gasteiger charge is 2.09. The Morgan fingerprint density at radius 3 is 2.15 bits per heavy atom. The number of hydrogen-bond acceptors (Lipinski definition) is 3. The molecule has 3 heteroatoms. The molecular weight excluding hydrogens is 168 g/mol. The van der Waals surface area contributed by atoms with Gasteiger partial charge in [0.25, 0.3) is 0 Å². The van der Waals surface area contributed by atoms with Crippen LogP contribution < -0.4 is 0 Å². The fourth-order valence-corrected chi connectivity index (χ4v) is 1.43. The Morgan fingerprint density at radius 2 is 1.69 bits per heavy atom. The summed E-state index contributed by atoms with van der Waals surface area (Å²) in [6, 6.07) is 3.31. The fourth-order valence-electron chi connectivity index (χ4n) is 1.43. The second-order valence-corrected chi connectivity index (χ2v) is 2.87. The second kappa shape index (κ2) is 4.25. The third kappa shape index (κ3) is 1.82. The quantitative estimate of drug-likeness (QED) is 0.652. The molecule has 0 atom stereocenters. The number of rotatable bonds is 3. The predicted octanol–water partition coefficient (Wildman–Crippen LogP) is 0.939. The summed E-state index contributed by atoms with van der Waals surface area (Å²) in [6.07, 6.45) is 0.781. The molecule has 0 radical (unpaired) electrons. The molecule has 0 spiro atoms. The number of aromatic hydroxyl groups is 1. The van der Waals surface area contributed by atoms with E-state index >= 15 is 0 Å². The maximum absolute atomic E-state index is 9.37. The number of hydrogen-bond donors (Lipinski definition) is 3. The lowest BCUT2D eigenvalue weighted by atomic mass is 9.99. The van der Waals surface area contributed by atoms with Gasteiger partial charge in [0, 0.05) is 5.56 Å². The lowest BCUT2D eigenvalue weighted by Gasteiger charge is -2.11. The van der Waals surface area contributed by atoms with Gasteiger partial charge in [-0.15, -0.1) is 0 Å². The number of phenols is 1. The molecule has 0 aliphatic carbocycles. The van der Waals surface area contributed by atoms with E-state index in [1.807, 2.05) is 6.92 Å². The van der Waals surface area contributed by atoms with Crippen molar-refractivity contribution in [3.8, 4) is 5.75 Å². The van der Waals surface area contributed by atoms with Crippen LogP contribution in [0.1, 0.15) is 23.6 Å². The van der Waals surface area contributed by atoms with E-state index in [4.69, 9.17) is 10.2 Å². The van der Waals surface area contributed by atoms with Crippen molar-refractivity contribution in [1.82, 2.24) is 0 Å². The summed E-state index contributed by atoms with van der Waals surface area (Å²) < 4.78 is 0. The van der Waals surface area contributed by atoms with Gasteiger partial charge in [-0.25, -0.2) is 0 Å². The van der Waals surface area contributed by atoms with Gasteiger partial charge < -0.3 is 15.3 Å². The van der Waals surface area contributed by atoms with E-state index in [9.17, 15) is 5.11 Å². The first-order valence-electron chi connectivity index (χ1n) is 4.28. The third-order valence-electron chi connectivity index (χ3n) is 2.20. The zero-order chi connectivity index (χ0) is 9.84. The number of aryl methyl sites for hydroxylation is 1. The minimum absolute atomic E-state index is 0.0451. The average Bonchev–Trinajstić information content (AvgIpc) is 2.17. The van der Waals surface area contributed by atoms with Gasteiger partial charge in [-0.05, 0) is 23.6 Å². The number of aliphatic hydroxyl groups is 2. The zero-order valence-corrected chi connectivity index (χ0v) is 7.62. The molecule has 0 amide bonds. The molecule has 0 aliphatic heterocycles. The SMILES string of the molecule is CCc1ccc(O)c(CO)c1CO. The first-order chi connectivity index (χ1) is 6.24. The largest absolute Gasteiger partial charge is 0.508 e. The van der Waals surface area contributed by atoms with Gasteiger partial charge in [0.1, 0.15) is 5.75 Å². The Balaban J connectivity index is 3.27. The zero-order valence-electron chi connectivity index (χ0n) is 7.62. The van der Waals surface area contributed by atoms with E-state index in [0.717, 1.165) is 12.0 Å². The Kier molecular flexibility index (Phi) is 3.28. The van der Waals surface area contributed by atoms with Gasteiger partial charge >= 0.3 is 0 Å². The normalized spacial score (nSPS) is 10.4. The smallest absolute Gasteiger partial charge is 0.121 e. The van der Waals surface area contributed by atoms with Crippen molar-refractivity contribution in [3.05, 3.63) is 28.8 Å². The van der Waals surface area contributed by atoms with Gasteiger partial charge in [0.2, 0.25) is 0 Å². The third-order valence-corrected chi connectivity index (χ3v) is 2.20. The van der Waals surface area contributed by atoms with E-state index in [0.29, 0.717) is 11.1 Å². The van der Waals surface area contributed by atoms with Crippen LogP contribution in [-0.2, 0) is 19.6 Å². The number of aliphatic hydroxyl groups excluding tert-OH is 2. The Hall–Kier alpha value is -1.06. The Morgan fingerprint density at radius 1 is 1.08 bits per heavy atom. The molecule has 1 aromatic rings. The van der Waals surface area contributed by atoms with Crippen molar-refractivity contribution in [1.29, 1.82) is 0 Å². The molecular formula is C10H14O3. The van der Waals surface area contributed by atoms with Crippen molar-refractivity contribution >= 4 is 0 Å². The van der Waals surface area contributed by atoms with E-state index in [-0.39, 0.29) is 19.0 Å². The van der Waals surface area contributed by atoms with Gasteiger partial charge in [-0.1, -0.05) is 13.0 Å². The summed E-state index contributed by atoms with van der Waals surface area (Å²) in [7, 11) is 0. The molecule has 13 heavy (non-hydrogen) atoms. The number of benzene rings is 1.